The quantitative estimate of drug-likeness (QED) is 0.527. The SMILES string of the molecule is Cc1cccc(-n2c(=O)c3cc(Br)nn3c3ncccc32)c1. The first-order valence-electron chi connectivity index (χ1n) is 6.77. The molecule has 0 bridgehead atoms. The minimum atomic E-state index is -0.121. The van der Waals surface area contributed by atoms with Gasteiger partial charge in [-0.1, -0.05) is 12.1 Å². The van der Waals surface area contributed by atoms with Crippen LogP contribution in [0.2, 0.25) is 0 Å². The molecule has 0 aliphatic carbocycles. The number of benzene rings is 1. The number of hydrogen-bond donors (Lipinski definition) is 0. The van der Waals surface area contributed by atoms with E-state index in [4.69, 9.17) is 0 Å². The monoisotopic (exact) mass is 354 g/mol. The minimum absolute atomic E-state index is 0.121. The molecule has 0 amide bonds. The summed E-state index contributed by atoms with van der Waals surface area (Å²) < 4.78 is 3.87. The van der Waals surface area contributed by atoms with Crippen LogP contribution in [0.3, 0.4) is 0 Å². The molecule has 4 aromatic rings. The van der Waals surface area contributed by atoms with Gasteiger partial charge < -0.3 is 0 Å². The van der Waals surface area contributed by atoms with Crippen molar-refractivity contribution < 1.29 is 0 Å². The number of hydrogen-bond acceptors (Lipinski definition) is 3. The Morgan fingerprint density at radius 1 is 1.09 bits per heavy atom. The lowest BCUT2D eigenvalue weighted by atomic mass is 10.2. The third kappa shape index (κ3) is 1.88. The Morgan fingerprint density at radius 3 is 2.77 bits per heavy atom. The lowest BCUT2D eigenvalue weighted by Crippen LogP contribution is -2.22. The Hall–Kier alpha value is -2.47. The Balaban J connectivity index is 2.25. The standard InChI is InChI=1S/C16H11BrN4O/c1-10-4-2-5-11(8-10)20-12-6-3-7-18-15(12)21-13(16(20)22)9-14(17)19-21/h2-9H,1H3. The van der Waals surface area contributed by atoms with Crippen molar-refractivity contribution >= 4 is 32.6 Å². The fourth-order valence-corrected chi connectivity index (χ4v) is 3.02. The van der Waals surface area contributed by atoms with Gasteiger partial charge in [0.2, 0.25) is 0 Å². The van der Waals surface area contributed by atoms with E-state index in [1.807, 2.05) is 43.3 Å². The van der Waals surface area contributed by atoms with Crippen LogP contribution in [-0.2, 0) is 0 Å². The number of pyridine rings is 1. The van der Waals surface area contributed by atoms with Gasteiger partial charge in [-0.25, -0.2) is 9.50 Å². The molecule has 0 atom stereocenters. The number of fused-ring (bicyclic) bond motifs is 3. The first kappa shape index (κ1) is 13.2. The van der Waals surface area contributed by atoms with E-state index in [1.54, 1.807) is 21.3 Å². The second-order valence-electron chi connectivity index (χ2n) is 5.09. The third-order valence-corrected chi connectivity index (χ3v) is 3.96. The predicted octanol–water partition coefficient (Wildman–Crippen LogP) is 3.10. The minimum Gasteiger partial charge on any atom is -0.272 e. The van der Waals surface area contributed by atoms with Crippen LogP contribution in [0.4, 0.5) is 0 Å². The summed E-state index contributed by atoms with van der Waals surface area (Å²) >= 11 is 3.33. The van der Waals surface area contributed by atoms with Crippen LogP contribution in [0.1, 0.15) is 5.56 Å². The van der Waals surface area contributed by atoms with Gasteiger partial charge in [0, 0.05) is 18.0 Å². The maximum absolute atomic E-state index is 12.9. The van der Waals surface area contributed by atoms with E-state index in [9.17, 15) is 4.79 Å². The average molecular weight is 355 g/mol. The van der Waals surface area contributed by atoms with Crippen LogP contribution < -0.4 is 5.56 Å². The smallest absolute Gasteiger partial charge is 0.272 e. The van der Waals surface area contributed by atoms with Gasteiger partial charge in [0.05, 0.1) is 5.52 Å². The molecule has 0 radical (unpaired) electrons. The van der Waals surface area contributed by atoms with Crippen LogP contribution >= 0.6 is 15.9 Å². The number of rotatable bonds is 1. The van der Waals surface area contributed by atoms with Gasteiger partial charge in [0.1, 0.15) is 10.1 Å². The summed E-state index contributed by atoms with van der Waals surface area (Å²) in [5, 5.41) is 4.31. The Morgan fingerprint density at radius 2 is 1.95 bits per heavy atom. The first-order chi connectivity index (χ1) is 10.6. The Bertz CT molecular complexity index is 1080. The number of aromatic nitrogens is 4. The van der Waals surface area contributed by atoms with Gasteiger partial charge >= 0.3 is 0 Å². The molecule has 0 aliphatic heterocycles. The van der Waals surface area contributed by atoms with Crippen molar-refractivity contribution in [2.75, 3.05) is 0 Å². The summed E-state index contributed by atoms with van der Waals surface area (Å²) in [7, 11) is 0. The molecule has 0 unspecified atom stereocenters. The molecule has 3 aromatic heterocycles. The van der Waals surface area contributed by atoms with Crippen molar-refractivity contribution in [3.63, 3.8) is 0 Å². The normalized spacial score (nSPS) is 11.4. The fourth-order valence-electron chi connectivity index (χ4n) is 2.64. The lowest BCUT2D eigenvalue weighted by Gasteiger charge is -2.11. The van der Waals surface area contributed by atoms with Crippen molar-refractivity contribution in [1.82, 2.24) is 19.2 Å². The number of aryl methyl sites for hydroxylation is 1. The van der Waals surface area contributed by atoms with E-state index in [2.05, 4.69) is 26.0 Å². The molecule has 0 spiro atoms. The number of nitrogens with zero attached hydrogens (tertiary/aromatic N) is 4. The fraction of sp³-hybridized carbons (Fsp3) is 0.0625. The van der Waals surface area contributed by atoms with Crippen LogP contribution in [0, 0.1) is 6.92 Å². The topological polar surface area (TPSA) is 52.2 Å². The maximum atomic E-state index is 12.9. The summed E-state index contributed by atoms with van der Waals surface area (Å²) in [4.78, 5) is 17.3. The molecule has 5 nitrogen and oxygen atoms in total. The summed E-state index contributed by atoms with van der Waals surface area (Å²) in [5.74, 6) is 0. The van der Waals surface area contributed by atoms with Gasteiger partial charge in [-0.05, 0) is 52.7 Å². The zero-order chi connectivity index (χ0) is 15.3. The molecule has 1 aromatic carbocycles. The molecule has 0 saturated carbocycles. The number of halogens is 1. The predicted molar refractivity (Wildman–Crippen MR) is 88.5 cm³/mol. The molecular weight excluding hydrogens is 344 g/mol. The zero-order valence-corrected chi connectivity index (χ0v) is 13.3. The first-order valence-corrected chi connectivity index (χ1v) is 7.56. The highest BCUT2D eigenvalue weighted by Crippen LogP contribution is 2.19. The van der Waals surface area contributed by atoms with E-state index < -0.39 is 0 Å². The average Bonchev–Trinajstić information content (AvgIpc) is 2.90. The molecule has 4 rings (SSSR count). The third-order valence-electron chi connectivity index (χ3n) is 3.57. The molecule has 6 heteroatoms. The van der Waals surface area contributed by atoms with Gasteiger partial charge in [0.15, 0.2) is 5.65 Å². The van der Waals surface area contributed by atoms with Gasteiger partial charge in [0.25, 0.3) is 5.56 Å². The van der Waals surface area contributed by atoms with E-state index in [1.165, 1.54) is 0 Å². The van der Waals surface area contributed by atoms with Gasteiger partial charge in [-0.2, -0.15) is 5.10 Å². The van der Waals surface area contributed by atoms with Gasteiger partial charge in [-0.3, -0.25) is 9.36 Å². The molecule has 0 aliphatic rings. The zero-order valence-electron chi connectivity index (χ0n) is 11.7. The van der Waals surface area contributed by atoms with Crippen molar-refractivity contribution in [1.29, 1.82) is 0 Å². The molecule has 3 heterocycles. The van der Waals surface area contributed by atoms with Crippen LogP contribution in [0.15, 0.2) is 58.1 Å². The highest BCUT2D eigenvalue weighted by molar-refractivity contribution is 9.10. The Kier molecular flexibility index (Phi) is 2.87. The second kappa shape index (κ2) is 4.78. The highest BCUT2D eigenvalue weighted by atomic mass is 79.9. The van der Waals surface area contributed by atoms with E-state index in [0.717, 1.165) is 16.8 Å². The molecule has 0 fully saturated rings. The summed E-state index contributed by atoms with van der Waals surface area (Å²) in [6.45, 7) is 2.00. The highest BCUT2D eigenvalue weighted by Gasteiger charge is 2.14. The molecular formula is C16H11BrN4O. The van der Waals surface area contributed by atoms with Crippen LogP contribution in [-0.4, -0.2) is 19.2 Å². The van der Waals surface area contributed by atoms with Gasteiger partial charge in [-0.15, -0.1) is 0 Å². The lowest BCUT2D eigenvalue weighted by molar-refractivity contribution is 0.923. The van der Waals surface area contributed by atoms with E-state index in [-0.39, 0.29) is 5.56 Å². The van der Waals surface area contributed by atoms with Crippen molar-refractivity contribution in [3.05, 3.63) is 69.2 Å². The second-order valence-corrected chi connectivity index (χ2v) is 5.90. The molecule has 108 valence electrons. The van der Waals surface area contributed by atoms with E-state index in [0.29, 0.717) is 15.8 Å². The maximum Gasteiger partial charge on any atom is 0.281 e. The molecule has 0 saturated heterocycles. The molecule has 22 heavy (non-hydrogen) atoms. The van der Waals surface area contributed by atoms with E-state index >= 15 is 0 Å². The summed E-state index contributed by atoms with van der Waals surface area (Å²) in [5.41, 5.74) is 3.65. The van der Waals surface area contributed by atoms with Crippen molar-refractivity contribution in [3.8, 4) is 5.69 Å². The van der Waals surface area contributed by atoms with Crippen molar-refractivity contribution in [2.24, 2.45) is 0 Å². The van der Waals surface area contributed by atoms with Crippen LogP contribution in [0.25, 0.3) is 22.4 Å². The summed E-state index contributed by atoms with van der Waals surface area (Å²) in [6, 6.07) is 13.2. The van der Waals surface area contributed by atoms with Crippen LogP contribution in [0.5, 0.6) is 0 Å². The largest absolute Gasteiger partial charge is 0.281 e. The Labute approximate surface area is 134 Å². The van der Waals surface area contributed by atoms with Crippen molar-refractivity contribution in [2.45, 2.75) is 6.92 Å². The summed E-state index contributed by atoms with van der Waals surface area (Å²) in [6.07, 6.45) is 1.70. The molecule has 0 N–H and O–H groups in total.